The molecule has 102 valence electrons. The van der Waals surface area contributed by atoms with Gasteiger partial charge >= 0.3 is 5.97 Å². The van der Waals surface area contributed by atoms with Crippen molar-refractivity contribution in [3.05, 3.63) is 0 Å². The van der Waals surface area contributed by atoms with E-state index in [1.807, 2.05) is 25.6 Å². The van der Waals surface area contributed by atoms with Crippen LogP contribution in [0.4, 0.5) is 0 Å². The molecule has 0 aromatic carbocycles. The van der Waals surface area contributed by atoms with E-state index in [0.29, 0.717) is 6.61 Å². The van der Waals surface area contributed by atoms with Gasteiger partial charge < -0.3 is 10.1 Å². The van der Waals surface area contributed by atoms with Crippen molar-refractivity contribution in [1.82, 2.24) is 5.32 Å². The number of unbranched alkanes of at least 4 members (excludes halogenated alkanes) is 3. The summed E-state index contributed by atoms with van der Waals surface area (Å²) in [5, 5.41) is 3.31. The molecule has 0 heterocycles. The van der Waals surface area contributed by atoms with Gasteiger partial charge in [-0.1, -0.05) is 19.8 Å². The molecular weight excluding hydrogens is 234 g/mol. The van der Waals surface area contributed by atoms with Crippen LogP contribution in [0.2, 0.25) is 0 Å². The van der Waals surface area contributed by atoms with Crippen molar-refractivity contribution in [2.45, 2.75) is 39.5 Å². The highest BCUT2D eigenvalue weighted by Crippen LogP contribution is 2.04. The first kappa shape index (κ1) is 16.8. The van der Waals surface area contributed by atoms with Crippen molar-refractivity contribution in [2.75, 3.05) is 31.7 Å². The quantitative estimate of drug-likeness (QED) is 0.458. The third-order valence-electron chi connectivity index (χ3n) is 2.59. The van der Waals surface area contributed by atoms with Gasteiger partial charge in [-0.2, -0.15) is 11.8 Å². The van der Waals surface area contributed by atoms with Crippen molar-refractivity contribution in [1.29, 1.82) is 0 Å². The average molecular weight is 261 g/mol. The molecular formula is C13H27NO2S. The Morgan fingerprint density at radius 2 is 2.00 bits per heavy atom. The zero-order valence-electron chi connectivity index (χ0n) is 11.5. The zero-order valence-corrected chi connectivity index (χ0v) is 12.3. The summed E-state index contributed by atoms with van der Waals surface area (Å²) in [5.41, 5.74) is 0. The van der Waals surface area contributed by atoms with Crippen molar-refractivity contribution in [3.63, 3.8) is 0 Å². The van der Waals surface area contributed by atoms with Crippen LogP contribution in [0.15, 0.2) is 0 Å². The van der Waals surface area contributed by atoms with Crippen LogP contribution in [0.3, 0.4) is 0 Å². The van der Waals surface area contributed by atoms with E-state index >= 15 is 0 Å². The van der Waals surface area contributed by atoms with Crippen LogP contribution in [-0.2, 0) is 9.53 Å². The van der Waals surface area contributed by atoms with Crippen LogP contribution in [-0.4, -0.2) is 37.7 Å². The molecule has 0 aromatic rings. The average Bonchev–Trinajstić information content (AvgIpc) is 2.32. The minimum absolute atomic E-state index is 0.0357. The molecule has 17 heavy (non-hydrogen) atoms. The number of carbonyl (C=O) groups is 1. The molecule has 0 saturated heterocycles. The first-order chi connectivity index (χ1) is 8.22. The lowest BCUT2D eigenvalue weighted by molar-refractivity contribution is -0.147. The van der Waals surface area contributed by atoms with Gasteiger partial charge in [0.25, 0.3) is 0 Å². The highest BCUT2D eigenvalue weighted by atomic mass is 32.2. The second kappa shape index (κ2) is 12.2. The molecule has 3 nitrogen and oxygen atoms in total. The molecule has 0 radical (unpaired) electrons. The fraction of sp³-hybridized carbons (Fsp3) is 0.923. The summed E-state index contributed by atoms with van der Waals surface area (Å²) in [7, 11) is 0. The molecule has 0 fully saturated rings. The van der Waals surface area contributed by atoms with Crippen molar-refractivity contribution < 1.29 is 9.53 Å². The Kier molecular flexibility index (Phi) is 12.1. The van der Waals surface area contributed by atoms with Crippen molar-refractivity contribution >= 4 is 17.7 Å². The van der Waals surface area contributed by atoms with Crippen LogP contribution < -0.4 is 5.32 Å². The van der Waals surface area contributed by atoms with Crippen LogP contribution in [0, 0.1) is 5.92 Å². The van der Waals surface area contributed by atoms with Gasteiger partial charge in [-0.3, -0.25) is 4.79 Å². The number of esters is 1. The highest BCUT2D eigenvalue weighted by Gasteiger charge is 2.12. The standard InChI is InChI=1S/C13H27NO2S/c1-4-16-13(15)12(2)11-14-9-7-5-6-8-10-17-3/h12,14H,4-11H2,1-3H3. The second-order valence-corrected chi connectivity index (χ2v) is 5.25. The molecule has 0 aliphatic rings. The van der Waals surface area contributed by atoms with Crippen LogP contribution in [0.25, 0.3) is 0 Å². The lowest BCUT2D eigenvalue weighted by Crippen LogP contribution is -2.28. The number of ether oxygens (including phenoxy) is 1. The topological polar surface area (TPSA) is 38.3 Å². The minimum Gasteiger partial charge on any atom is -0.466 e. The Bertz CT molecular complexity index is 188. The van der Waals surface area contributed by atoms with Gasteiger partial charge in [0, 0.05) is 6.54 Å². The van der Waals surface area contributed by atoms with Gasteiger partial charge in [0.2, 0.25) is 0 Å². The largest absolute Gasteiger partial charge is 0.466 e. The summed E-state index contributed by atoms with van der Waals surface area (Å²) in [6.07, 6.45) is 7.26. The highest BCUT2D eigenvalue weighted by molar-refractivity contribution is 7.98. The predicted molar refractivity (Wildman–Crippen MR) is 75.5 cm³/mol. The van der Waals surface area contributed by atoms with Gasteiger partial charge in [0.05, 0.1) is 12.5 Å². The van der Waals surface area contributed by atoms with E-state index in [1.165, 1.54) is 31.4 Å². The summed E-state index contributed by atoms with van der Waals surface area (Å²) in [5.74, 6) is 1.14. The first-order valence-electron chi connectivity index (χ1n) is 6.58. The number of carbonyl (C=O) groups excluding carboxylic acids is 1. The number of hydrogen-bond donors (Lipinski definition) is 1. The Labute approximate surface area is 110 Å². The lowest BCUT2D eigenvalue weighted by Gasteiger charge is -2.11. The number of hydrogen-bond acceptors (Lipinski definition) is 4. The summed E-state index contributed by atoms with van der Waals surface area (Å²) < 4.78 is 4.94. The van der Waals surface area contributed by atoms with E-state index in [0.717, 1.165) is 13.1 Å². The van der Waals surface area contributed by atoms with Crippen LogP contribution in [0.1, 0.15) is 39.5 Å². The SMILES string of the molecule is CCOC(=O)C(C)CNCCCCCCSC. The summed E-state index contributed by atoms with van der Waals surface area (Å²) in [6.45, 7) is 5.95. The normalized spacial score (nSPS) is 12.4. The molecule has 1 unspecified atom stereocenters. The Balaban J connectivity index is 3.24. The maximum absolute atomic E-state index is 11.3. The van der Waals surface area contributed by atoms with E-state index in [2.05, 4.69) is 11.6 Å². The van der Waals surface area contributed by atoms with E-state index in [9.17, 15) is 4.79 Å². The molecule has 1 N–H and O–H groups in total. The number of thioether (sulfide) groups is 1. The fourth-order valence-electron chi connectivity index (χ4n) is 1.54. The van der Waals surface area contributed by atoms with E-state index in [4.69, 9.17) is 4.74 Å². The molecule has 0 saturated carbocycles. The molecule has 0 amide bonds. The maximum atomic E-state index is 11.3. The monoisotopic (exact) mass is 261 g/mol. The first-order valence-corrected chi connectivity index (χ1v) is 7.98. The second-order valence-electron chi connectivity index (χ2n) is 4.26. The van der Waals surface area contributed by atoms with Gasteiger partial charge in [0.1, 0.15) is 0 Å². The Morgan fingerprint density at radius 3 is 2.65 bits per heavy atom. The van der Waals surface area contributed by atoms with Crippen molar-refractivity contribution in [3.8, 4) is 0 Å². The van der Waals surface area contributed by atoms with Gasteiger partial charge in [-0.05, 0) is 38.3 Å². The molecule has 0 aromatic heterocycles. The Hall–Kier alpha value is -0.220. The third-order valence-corrected chi connectivity index (χ3v) is 3.29. The number of nitrogens with one attached hydrogen (secondary N) is 1. The molecule has 4 heteroatoms. The molecule has 0 rings (SSSR count). The zero-order chi connectivity index (χ0) is 12.9. The van der Waals surface area contributed by atoms with Crippen molar-refractivity contribution in [2.24, 2.45) is 5.92 Å². The van der Waals surface area contributed by atoms with Gasteiger partial charge in [0.15, 0.2) is 0 Å². The van der Waals surface area contributed by atoms with Crippen LogP contribution >= 0.6 is 11.8 Å². The molecule has 0 aliphatic heterocycles. The minimum atomic E-state index is -0.0972. The predicted octanol–water partition coefficient (Wildman–Crippen LogP) is 2.70. The maximum Gasteiger partial charge on any atom is 0.309 e. The number of rotatable bonds is 11. The van der Waals surface area contributed by atoms with E-state index in [1.54, 1.807) is 0 Å². The van der Waals surface area contributed by atoms with E-state index in [-0.39, 0.29) is 11.9 Å². The molecule has 1 atom stereocenters. The van der Waals surface area contributed by atoms with Gasteiger partial charge in [-0.15, -0.1) is 0 Å². The summed E-state index contributed by atoms with van der Waals surface area (Å²) in [4.78, 5) is 11.3. The molecule has 0 bridgehead atoms. The Morgan fingerprint density at radius 1 is 1.29 bits per heavy atom. The smallest absolute Gasteiger partial charge is 0.309 e. The van der Waals surface area contributed by atoms with Gasteiger partial charge in [-0.25, -0.2) is 0 Å². The van der Waals surface area contributed by atoms with E-state index < -0.39 is 0 Å². The third kappa shape index (κ3) is 10.6. The molecule has 0 aliphatic carbocycles. The van der Waals surface area contributed by atoms with Crippen LogP contribution in [0.5, 0.6) is 0 Å². The summed E-state index contributed by atoms with van der Waals surface area (Å²) in [6, 6.07) is 0. The fourth-order valence-corrected chi connectivity index (χ4v) is 2.03. The summed E-state index contributed by atoms with van der Waals surface area (Å²) >= 11 is 1.91. The lowest BCUT2D eigenvalue weighted by atomic mass is 10.1. The molecule has 0 spiro atoms.